The molecule has 4 rings (SSSR count). The highest BCUT2D eigenvalue weighted by atomic mass is 16.3. The van der Waals surface area contributed by atoms with Gasteiger partial charge in [-0.05, 0) is 41.2 Å². The SMILES string of the molecule is CC.CCCc1cccc(C2CC(NC(=O)/C(C=NCc3ccc(Cn4ccccc4=O)cc3)=C/N)C2O)c1. The number of carbonyl (C=O) groups is 1. The van der Waals surface area contributed by atoms with E-state index in [1.54, 1.807) is 16.8 Å². The highest BCUT2D eigenvalue weighted by Crippen LogP contribution is 2.37. The van der Waals surface area contributed by atoms with Crippen molar-refractivity contribution in [1.82, 2.24) is 9.88 Å². The van der Waals surface area contributed by atoms with Crippen LogP contribution in [0.25, 0.3) is 0 Å². The number of rotatable bonds is 10. The van der Waals surface area contributed by atoms with Gasteiger partial charge in [0, 0.05) is 30.6 Å². The Morgan fingerprint density at radius 3 is 2.49 bits per heavy atom. The quantitative estimate of drug-likeness (QED) is 0.269. The van der Waals surface area contributed by atoms with E-state index in [9.17, 15) is 14.7 Å². The summed E-state index contributed by atoms with van der Waals surface area (Å²) in [5.41, 5.74) is 10.3. The lowest BCUT2D eigenvalue weighted by Gasteiger charge is -2.42. The van der Waals surface area contributed by atoms with Crippen molar-refractivity contribution < 1.29 is 9.90 Å². The Bertz CT molecular complexity index is 1330. The number of hydrogen-bond donors (Lipinski definition) is 3. The Balaban J connectivity index is 0.00000205. The minimum absolute atomic E-state index is 0.0181. The summed E-state index contributed by atoms with van der Waals surface area (Å²) in [6, 6.07) is 20.9. The Morgan fingerprint density at radius 2 is 1.82 bits per heavy atom. The molecule has 3 atom stereocenters. The monoisotopic (exact) mass is 528 g/mol. The number of carbonyl (C=O) groups excluding carboxylic acids is 1. The average Bonchev–Trinajstić information content (AvgIpc) is 2.96. The number of nitrogens with two attached hydrogens (primary N) is 1. The zero-order valence-electron chi connectivity index (χ0n) is 23.1. The molecule has 0 aliphatic heterocycles. The summed E-state index contributed by atoms with van der Waals surface area (Å²) in [6.07, 6.45) is 6.59. The predicted molar refractivity (Wildman–Crippen MR) is 158 cm³/mol. The van der Waals surface area contributed by atoms with Gasteiger partial charge in [0.05, 0.1) is 30.8 Å². The van der Waals surface area contributed by atoms with Gasteiger partial charge in [-0.15, -0.1) is 0 Å². The Hall–Kier alpha value is -3.97. The Morgan fingerprint density at radius 1 is 1.08 bits per heavy atom. The first-order valence-corrected chi connectivity index (χ1v) is 13.7. The van der Waals surface area contributed by atoms with E-state index in [0.29, 0.717) is 19.5 Å². The van der Waals surface area contributed by atoms with E-state index >= 15 is 0 Å². The van der Waals surface area contributed by atoms with E-state index in [4.69, 9.17) is 5.73 Å². The molecule has 1 heterocycles. The van der Waals surface area contributed by atoms with Crippen molar-refractivity contribution in [2.24, 2.45) is 10.7 Å². The van der Waals surface area contributed by atoms with Crippen LogP contribution in [-0.2, 0) is 24.3 Å². The zero-order valence-corrected chi connectivity index (χ0v) is 23.1. The van der Waals surface area contributed by atoms with E-state index in [0.717, 1.165) is 29.5 Å². The largest absolute Gasteiger partial charge is 0.404 e. The van der Waals surface area contributed by atoms with Crippen LogP contribution in [0.1, 0.15) is 61.8 Å². The highest BCUT2D eigenvalue weighted by Gasteiger charge is 2.41. The Labute approximate surface area is 231 Å². The summed E-state index contributed by atoms with van der Waals surface area (Å²) in [5.74, 6) is -0.332. The summed E-state index contributed by atoms with van der Waals surface area (Å²) in [6.45, 7) is 7.04. The molecule has 4 N–H and O–H groups in total. The number of amides is 1. The van der Waals surface area contributed by atoms with Gasteiger partial charge in [0.15, 0.2) is 0 Å². The Kier molecular flexibility index (Phi) is 11.3. The predicted octanol–water partition coefficient (Wildman–Crippen LogP) is 4.32. The number of aromatic nitrogens is 1. The molecular weight excluding hydrogens is 488 g/mol. The number of aliphatic imine (C=N–C) groups is 1. The molecule has 7 heteroatoms. The molecule has 3 unspecified atom stereocenters. The maximum Gasteiger partial charge on any atom is 0.254 e. The maximum absolute atomic E-state index is 12.7. The molecule has 1 aromatic heterocycles. The van der Waals surface area contributed by atoms with E-state index in [1.165, 1.54) is 24.0 Å². The van der Waals surface area contributed by atoms with Gasteiger partial charge in [-0.25, -0.2) is 0 Å². The first-order valence-electron chi connectivity index (χ1n) is 13.7. The number of aliphatic hydroxyl groups is 1. The van der Waals surface area contributed by atoms with Crippen LogP contribution < -0.4 is 16.6 Å². The van der Waals surface area contributed by atoms with Gasteiger partial charge in [0.1, 0.15) is 0 Å². The second kappa shape index (κ2) is 14.8. The number of hydrogen-bond acceptors (Lipinski definition) is 5. The third-order valence-corrected chi connectivity index (χ3v) is 6.79. The van der Waals surface area contributed by atoms with E-state index in [2.05, 4.69) is 29.4 Å². The molecule has 1 fully saturated rings. The van der Waals surface area contributed by atoms with Crippen LogP contribution >= 0.6 is 0 Å². The van der Waals surface area contributed by atoms with Crippen LogP contribution in [0.5, 0.6) is 0 Å². The first-order chi connectivity index (χ1) is 19.0. The lowest BCUT2D eigenvalue weighted by Crippen LogP contribution is -2.55. The molecule has 3 aromatic rings. The van der Waals surface area contributed by atoms with Crippen molar-refractivity contribution >= 4 is 12.1 Å². The van der Waals surface area contributed by atoms with Crippen LogP contribution in [-0.4, -0.2) is 33.9 Å². The standard InChI is InChI=1S/C30H34N4O3.C2H6/c1-2-6-21-7-5-8-24(15-21)26-16-27(29(26)36)33-30(37)25(17-31)19-32-18-22-10-12-23(13-11-22)20-34-14-4-3-9-28(34)35;1-2/h3-5,7-15,17,19,26-27,29,36H,2,6,16,18,20,31H2,1H3,(H,33,37);1-2H3/b25-17+,32-19?;. The topological polar surface area (TPSA) is 110 Å². The second-order valence-electron chi connectivity index (χ2n) is 9.48. The molecular formula is C32H40N4O3. The van der Waals surface area contributed by atoms with Crippen LogP contribution in [0.4, 0.5) is 0 Å². The van der Waals surface area contributed by atoms with Gasteiger partial charge in [-0.1, -0.05) is 81.8 Å². The normalized spacial score (nSPS) is 18.7. The van der Waals surface area contributed by atoms with E-state index in [1.807, 2.05) is 56.3 Å². The van der Waals surface area contributed by atoms with Crippen LogP contribution in [0, 0.1) is 0 Å². The smallest absolute Gasteiger partial charge is 0.254 e. The van der Waals surface area contributed by atoms with Crippen molar-refractivity contribution in [1.29, 1.82) is 0 Å². The first kappa shape index (κ1) is 29.6. The molecule has 1 aliphatic rings. The summed E-state index contributed by atoms with van der Waals surface area (Å²) in [5, 5.41) is 13.6. The molecule has 0 radical (unpaired) electrons. The third kappa shape index (κ3) is 8.01. The van der Waals surface area contributed by atoms with Gasteiger partial charge in [-0.2, -0.15) is 0 Å². The van der Waals surface area contributed by atoms with Gasteiger partial charge >= 0.3 is 0 Å². The molecule has 1 aliphatic carbocycles. The summed E-state index contributed by atoms with van der Waals surface area (Å²) in [4.78, 5) is 29.0. The molecule has 0 spiro atoms. The van der Waals surface area contributed by atoms with Crippen molar-refractivity contribution in [2.75, 3.05) is 0 Å². The number of nitrogens with zero attached hydrogens (tertiary/aromatic N) is 2. The van der Waals surface area contributed by atoms with Crippen molar-refractivity contribution in [3.05, 3.63) is 117 Å². The number of pyridine rings is 1. The molecule has 1 saturated carbocycles. The van der Waals surface area contributed by atoms with Crippen molar-refractivity contribution in [2.45, 2.75) is 71.2 Å². The molecule has 2 aromatic carbocycles. The molecule has 39 heavy (non-hydrogen) atoms. The molecule has 7 nitrogen and oxygen atoms in total. The van der Waals surface area contributed by atoms with Gasteiger partial charge in [0.25, 0.3) is 11.5 Å². The molecule has 0 saturated heterocycles. The fourth-order valence-electron chi connectivity index (χ4n) is 4.60. The molecule has 0 bridgehead atoms. The van der Waals surface area contributed by atoms with Gasteiger partial charge in [-0.3, -0.25) is 14.6 Å². The average molecular weight is 529 g/mol. The lowest BCUT2D eigenvalue weighted by atomic mass is 9.72. The number of aliphatic hydroxyl groups excluding tert-OH is 1. The van der Waals surface area contributed by atoms with Crippen molar-refractivity contribution in [3.8, 4) is 0 Å². The van der Waals surface area contributed by atoms with Crippen molar-refractivity contribution in [3.63, 3.8) is 0 Å². The van der Waals surface area contributed by atoms with E-state index < -0.39 is 6.10 Å². The fourth-order valence-corrected chi connectivity index (χ4v) is 4.60. The van der Waals surface area contributed by atoms with Gasteiger partial charge < -0.3 is 20.7 Å². The number of benzene rings is 2. The maximum atomic E-state index is 12.7. The minimum atomic E-state index is -0.637. The summed E-state index contributed by atoms with van der Waals surface area (Å²) < 4.78 is 1.65. The minimum Gasteiger partial charge on any atom is -0.404 e. The van der Waals surface area contributed by atoms with Crippen LogP contribution in [0.3, 0.4) is 0 Å². The number of nitrogens with one attached hydrogen (secondary N) is 1. The summed E-state index contributed by atoms with van der Waals surface area (Å²) >= 11 is 0. The fraction of sp³-hybridized carbons (Fsp3) is 0.344. The summed E-state index contributed by atoms with van der Waals surface area (Å²) in [7, 11) is 0. The zero-order chi connectivity index (χ0) is 28.2. The second-order valence-corrected chi connectivity index (χ2v) is 9.48. The molecule has 1 amide bonds. The number of aryl methyl sites for hydroxylation is 1. The van der Waals surface area contributed by atoms with E-state index in [-0.39, 0.29) is 29.0 Å². The van der Waals surface area contributed by atoms with Crippen LogP contribution in [0.2, 0.25) is 0 Å². The third-order valence-electron chi connectivity index (χ3n) is 6.79. The molecule has 206 valence electrons. The highest BCUT2D eigenvalue weighted by molar-refractivity contribution is 6.12. The lowest BCUT2D eigenvalue weighted by molar-refractivity contribution is -0.120. The van der Waals surface area contributed by atoms with Gasteiger partial charge in [0.2, 0.25) is 0 Å². The van der Waals surface area contributed by atoms with Crippen LogP contribution in [0.15, 0.2) is 94.5 Å².